The van der Waals surface area contributed by atoms with E-state index in [4.69, 9.17) is 10.5 Å². The Kier molecular flexibility index (Phi) is 5.68. The Balaban J connectivity index is 2.44. The smallest absolute Gasteiger partial charge is 0.220 e. The van der Waals surface area contributed by atoms with Gasteiger partial charge in [-0.1, -0.05) is 20.8 Å². The van der Waals surface area contributed by atoms with Gasteiger partial charge < -0.3 is 15.8 Å². The second-order valence-corrected chi connectivity index (χ2v) is 6.08. The van der Waals surface area contributed by atoms with Crippen molar-refractivity contribution in [2.24, 2.45) is 11.1 Å². The van der Waals surface area contributed by atoms with Gasteiger partial charge in [-0.25, -0.2) is 0 Å². The molecular weight excluding hydrogens is 260 g/mol. The monoisotopic (exact) mass is 284 g/mol. The lowest BCUT2D eigenvalue weighted by Gasteiger charge is -2.23. The summed E-state index contributed by atoms with van der Waals surface area (Å²) in [5.74, 6) is -0.646. The molecule has 3 N–H and O–H groups in total. The van der Waals surface area contributed by atoms with Crippen LogP contribution >= 0.6 is 0 Å². The third kappa shape index (κ3) is 4.92. The van der Waals surface area contributed by atoms with Gasteiger partial charge in [-0.05, 0) is 18.3 Å². The summed E-state index contributed by atoms with van der Waals surface area (Å²) in [5, 5.41) is 2.73. The minimum Gasteiger partial charge on any atom is -0.370 e. The summed E-state index contributed by atoms with van der Waals surface area (Å²) in [6.45, 7) is 5.77. The molecule has 6 nitrogen and oxygen atoms in total. The van der Waals surface area contributed by atoms with E-state index < -0.39 is 6.04 Å². The highest BCUT2D eigenvalue weighted by Gasteiger charge is 2.35. The van der Waals surface area contributed by atoms with Crippen LogP contribution in [0.4, 0.5) is 0 Å². The largest absolute Gasteiger partial charge is 0.370 e. The minimum absolute atomic E-state index is 0.0661. The highest BCUT2D eigenvalue weighted by molar-refractivity contribution is 5.91. The van der Waals surface area contributed by atoms with E-state index in [-0.39, 0.29) is 48.6 Å². The van der Waals surface area contributed by atoms with Gasteiger partial charge in [0.2, 0.25) is 11.8 Å². The van der Waals surface area contributed by atoms with Crippen molar-refractivity contribution in [3.05, 3.63) is 0 Å². The molecule has 0 aliphatic carbocycles. The van der Waals surface area contributed by atoms with Crippen molar-refractivity contribution in [1.82, 2.24) is 5.32 Å². The van der Waals surface area contributed by atoms with E-state index in [1.54, 1.807) is 0 Å². The molecule has 0 saturated carbocycles. The number of nitrogens with one attached hydrogen (secondary N) is 1. The Morgan fingerprint density at radius 3 is 2.65 bits per heavy atom. The predicted molar refractivity (Wildman–Crippen MR) is 73.8 cm³/mol. The number of carbonyl (C=O) groups is 3. The second-order valence-electron chi connectivity index (χ2n) is 6.08. The molecule has 1 rings (SSSR count). The van der Waals surface area contributed by atoms with Crippen LogP contribution in [-0.2, 0) is 19.1 Å². The van der Waals surface area contributed by atoms with E-state index in [9.17, 15) is 14.4 Å². The van der Waals surface area contributed by atoms with Crippen LogP contribution in [0, 0.1) is 5.41 Å². The fourth-order valence-electron chi connectivity index (χ4n) is 2.37. The van der Waals surface area contributed by atoms with Crippen molar-refractivity contribution in [3.8, 4) is 0 Å². The minimum atomic E-state index is -0.535. The van der Waals surface area contributed by atoms with E-state index in [0.29, 0.717) is 12.8 Å². The topological polar surface area (TPSA) is 98.5 Å². The predicted octanol–water partition coefficient (Wildman–Crippen LogP) is 0.531. The molecule has 1 fully saturated rings. The summed E-state index contributed by atoms with van der Waals surface area (Å²) >= 11 is 0. The molecule has 114 valence electrons. The van der Waals surface area contributed by atoms with Gasteiger partial charge in [-0.2, -0.15) is 0 Å². The molecule has 0 aromatic heterocycles. The second kappa shape index (κ2) is 6.83. The molecule has 0 spiro atoms. The normalized spacial score (nSPS) is 22.9. The molecule has 1 unspecified atom stereocenters. The van der Waals surface area contributed by atoms with Crippen molar-refractivity contribution in [2.75, 3.05) is 6.61 Å². The first-order chi connectivity index (χ1) is 9.25. The Bertz CT molecular complexity index is 393. The van der Waals surface area contributed by atoms with E-state index in [1.807, 2.05) is 20.8 Å². The lowest BCUT2D eigenvalue weighted by molar-refractivity contribution is -0.127. The highest BCUT2D eigenvalue weighted by atomic mass is 16.5. The maximum Gasteiger partial charge on any atom is 0.220 e. The zero-order valence-electron chi connectivity index (χ0n) is 12.4. The molecule has 6 heteroatoms. The average molecular weight is 284 g/mol. The van der Waals surface area contributed by atoms with Gasteiger partial charge in [0, 0.05) is 12.8 Å². The standard InChI is InChI=1S/C14H24N2O4/c1-4-10-13(9(17)8-20-10)16-12(19)5-6-14(2,3)7-11(15)18/h10,13H,4-8H2,1-3H3,(H2,15,18)(H,16,19)/t10-,13?/m0/s1. The molecule has 0 aromatic carbocycles. The van der Waals surface area contributed by atoms with Gasteiger partial charge in [0.05, 0.1) is 6.10 Å². The fraction of sp³-hybridized carbons (Fsp3) is 0.786. The molecule has 20 heavy (non-hydrogen) atoms. The SMILES string of the molecule is CC[C@@H]1OCC(=O)C1NC(=O)CCC(C)(C)CC(N)=O. The number of hydrogen-bond acceptors (Lipinski definition) is 4. The van der Waals surface area contributed by atoms with Crippen LogP contribution < -0.4 is 11.1 Å². The van der Waals surface area contributed by atoms with Gasteiger partial charge in [-0.15, -0.1) is 0 Å². The van der Waals surface area contributed by atoms with E-state index in [1.165, 1.54) is 0 Å². The third-order valence-electron chi connectivity index (χ3n) is 3.56. The van der Waals surface area contributed by atoms with Crippen LogP contribution in [-0.4, -0.2) is 36.4 Å². The molecule has 2 amide bonds. The fourth-order valence-corrected chi connectivity index (χ4v) is 2.37. The molecule has 0 bridgehead atoms. The summed E-state index contributed by atoms with van der Waals surface area (Å²) in [6, 6.07) is -0.535. The molecule has 2 atom stereocenters. The molecule has 1 heterocycles. The van der Waals surface area contributed by atoms with Crippen molar-refractivity contribution in [2.45, 2.75) is 58.6 Å². The number of rotatable bonds is 7. The van der Waals surface area contributed by atoms with Crippen LogP contribution in [0.5, 0.6) is 0 Å². The van der Waals surface area contributed by atoms with Gasteiger partial charge in [0.25, 0.3) is 0 Å². The summed E-state index contributed by atoms with van der Waals surface area (Å²) < 4.78 is 5.30. The van der Waals surface area contributed by atoms with Gasteiger partial charge >= 0.3 is 0 Å². The summed E-state index contributed by atoms with van der Waals surface area (Å²) in [4.78, 5) is 34.5. The van der Waals surface area contributed by atoms with E-state index >= 15 is 0 Å². The number of nitrogens with two attached hydrogens (primary N) is 1. The summed E-state index contributed by atoms with van der Waals surface area (Å²) in [5.41, 5.74) is 4.85. The summed E-state index contributed by atoms with van der Waals surface area (Å²) in [6.07, 6.45) is 1.50. The van der Waals surface area contributed by atoms with Crippen LogP contribution in [0.2, 0.25) is 0 Å². The number of hydrogen-bond donors (Lipinski definition) is 2. The molecule has 1 aliphatic rings. The van der Waals surface area contributed by atoms with Crippen LogP contribution in [0.25, 0.3) is 0 Å². The number of amides is 2. The average Bonchev–Trinajstić information content (AvgIpc) is 2.67. The Hall–Kier alpha value is -1.43. The van der Waals surface area contributed by atoms with Crippen molar-refractivity contribution >= 4 is 17.6 Å². The Morgan fingerprint density at radius 2 is 2.10 bits per heavy atom. The molecule has 0 radical (unpaired) electrons. The third-order valence-corrected chi connectivity index (χ3v) is 3.56. The maximum atomic E-state index is 11.9. The summed E-state index contributed by atoms with van der Waals surface area (Å²) in [7, 11) is 0. The van der Waals surface area contributed by atoms with Gasteiger partial charge in [0.1, 0.15) is 12.6 Å². The number of Topliss-reactive ketones (excluding diaryl/α,β-unsaturated/α-hetero) is 1. The van der Waals surface area contributed by atoms with Gasteiger partial charge in [-0.3, -0.25) is 14.4 Å². The highest BCUT2D eigenvalue weighted by Crippen LogP contribution is 2.26. The molecular formula is C14H24N2O4. The zero-order valence-corrected chi connectivity index (χ0v) is 12.4. The first kappa shape index (κ1) is 16.6. The van der Waals surface area contributed by atoms with Crippen LogP contribution in [0.1, 0.15) is 46.5 Å². The molecule has 1 saturated heterocycles. The number of carbonyl (C=O) groups excluding carboxylic acids is 3. The zero-order chi connectivity index (χ0) is 15.3. The van der Waals surface area contributed by atoms with Gasteiger partial charge in [0.15, 0.2) is 5.78 Å². The first-order valence-corrected chi connectivity index (χ1v) is 6.97. The number of ketones is 1. The number of ether oxygens (including phenoxy) is 1. The molecule has 1 aliphatic heterocycles. The lowest BCUT2D eigenvalue weighted by Crippen LogP contribution is -2.44. The van der Waals surface area contributed by atoms with Crippen LogP contribution in [0.3, 0.4) is 0 Å². The van der Waals surface area contributed by atoms with Crippen LogP contribution in [0.15, 0.2) is 0 Å². The first-order valence-electron chi connectivity index (χ1n) is 6.97. The van der Waals surface area contributed by atoms with Crippen molar-refractivity contribution < 1.29 is 19.1 Å². The number of primary amides is 1. The van der Waals surface area contributed by atoms with Crippen molar-refractivity contribution in [1.29, 1.82) is 0 Å². The van der Waals surface area contributed by atoms with E-state index in [2.05, 4.69) is 5.32 Å². The lowest BCUT2D eigenvalue weighted by atomic mass is 9.84. The van der Waals surface area contributed by atoms with Crippen molar-refractivity contribution in [3.63, 3.8) is 0 Å². The van der Waals surface area contributed by atoms with E-state index in [0.717, 1.165) is 0 Å². The Labute approximate surface area is 119 Å². The quantitative estimate of drug-likeness (QED) is 0.712. The maximum absolute atomic E-state index is 11.9. The molecule has 0 aromatic rings. The Morgan fingerprint density at radius 1 is 1.45 bits per heavy atom.